The van der Waals surface area contributed by atoms with Crippen LogP contribution < -0.4 is 11.1 Å². The van der Waals surface area contributed by atoms with Crippen molar-refractivity contribution >= 4 is 11.9 Å². The summed E-state index contributed by atoms with van der Waals surface area (Å²) >= 11 is 0. The molecular formula is C13H20N2O5. The van der Waals surface area contributed by atoms with E-state index >= 15 is 0 Å². The summed E-state index contributed by atoms with van der Waals surface area (Å²) in [6.45, 7) is 1.22. The van der Waals surface area contributed by atoms with E-state index in [0.717, 1.165) is 6.42 Å². The summed E-state index contributed by atoms with van der Waals surface area (Å²) in [6.07, 6.45) is 3.19. The van der Waals surface area contributed by atoms with Crippen LogP contribution in [0.4, 0.5) is 0 Å². The molecule has 112 valence electrons. The Morgan fingerprint density at radius 1 is 1.55 bits per heavy atom. The third kappa shape index (κ3) is 1.93. The minimum Gasteiger partial charge on any atom is -0.479 e. The average molecular weight is 284 g/mol. The van der Waals surface area contributed by atoms with E-state index in [9.17, 15) is 24.9 Å². The number of aliphatic hydroxyl groups excluding tert-OH is 1. The Morgan fingerprint density at radius 2 is 2.20 bits per heavy atom. The van der Waals surface area contributed by atoms with Crippen LogP contribution in [0.25, 0.3) is 0 Å². The van der Waals surface area contributed by atoms with Crippen LogP contribution in [0.1, 0.15) is 32.6 Å². The predicted molar refractivity (Wildman–Crippen MR) is 69.7 cm³/mol. The van der Waals surface area contributed by atoms with Crippen LogP contribution in [-0.4, -0.2) is 50.0 Å². The minimum absolute atomic E-state index is 0.381. The molecule has 1 fully saturated rings. The summed E-state index contributed by atoms with van der Waals surface area (Å²) in [4.78, 5) is 23.3. The van der Waals surface area contributed by atoms with Gasteiger partial charge in [0, 0.05) is 0 Å². The number of rotatable bonds is 3. The van der Waals surface area contributed by atoms with Crippen LogP contribution in [-0.2, 0) is 9.59 Å². The second kappa shape index (κ2) is 4.54. The summed E-state index contributed by atoms with van der Waals surface area (Å²) in [5.41, 5.74) is 0.685. The Balaban J connectivity index is 2.49. The first kappa shape index (κ1) is 15.0. The molecule has 1 aliphatic heterocycles. The lowest BCUT2D eigenvalue weighted by atomic mass is 9.68. The number of amides is 1. The molecular weight excluding hydrogens is 264 g/mol. The molecule has 20 heavy (non-hydrogen) atoms. The maximum absolute atomic E-state index is 11.7. The molecule has 7 heteroatoms. The Labute approximate surface area is 116 Å². The quantitative estimate of drug-likeness (QED) is 0.417. The second-order valence-corrected chi connectivity index (χ2v) is 5.92. The van der Waals surface area contributed by atoms with Crippen LogP contribution in [0, 0.1) is 0 Å². The van der Waals surface area contributed by atoms with Crippen molar-refractivity contribution in [2.45, 2.75) is 55.4 Å². The van der Waals surface area contributed by atoms with E-state index < -0.39 is 41.1 Å². The van der Waals surface area contributed by atoms with Gasteiger partial charge in [-0.3, -0.25) is 4.79 Å². The highest BCUT2D eigenvalue weighted by Crippen LogP contribution is 2.40. The van der Waals surface area contributed by atoms with Crippen molar-refractivity contribution in [1.82, 2.24) is 5.32 Å². The van der Waals surface area contributed by atoms with Gasteiger partial charge in [-0.2, -0.15) is 0 Å². The maximum atomic E-state index is 11.7. The van der Waals surface area contributed by atoms with Crippen molar-refractivity contribution in [2.24, 2.45) is 5.73 Å². The molecule has 7 nitrogen and oxygen atoms in total. The number of nitrogens with two attached hydrogens (primary N) is 1. The third-order valence-corrected chi connectivity index (χ3v) is 4.36. The molecule has 2 rings (SSSR count). The fraction of sp³-hybridized carbons (Fsp3) is 0.692. The highest BCUT2D eigenvalue weighted by molar-refractivity contribution is 5.94. The van der Waals surface area contributed by atoms with E-state index in [2.05, 4.69) is 5.32 Å². The number of aliphatic carboxylic acids is 1. The molecule has 0 spiro atoms. The molecule has 0 saturated carbocycles. The minimum atomic E-state index is -2.21. The lowest BCUT2D eigenvalue weighted by molar-refractivity contribution is -0.168. The zero-order valence-corrected chi connectivity index (χ0v) is 11.3. The number of carboxylic acids is 1. The highest BCUT2D eigenvalue weighted by Gasteiger charge is 2.67. The number of allylic oxidation sites excluding steroid dienone is 1. The molecule has 6 N–H and O–H groups in total. The highest BCUT2D eigenvalue weighted by atomic mass is 16.4. The van der Waals surface area contributed by atoms with Gasteiger partial charge in [-0.15, -0.1) is 0 Å². The van der Waals surface area contributed by atoms with E-state index in [-0.39, 0.29) is 0 Å². The molecule has 1 aliphatic carbocycles. The van der Waals surface area contributed by atoms with Gasteiger partial charge in [0.05, 0.1) is 12.0 Å². The fourth-order valence-electron chi connectivity index (χ4n) is 3.16. The van der Waals surface area contributed by atoms with Gasteiger partial charge in [0.2, 0.25) is 5.91 Å². The van der Waals surface area contributed by atoms with Gasteiger partial charge in [0.25, 0.3) is 0 Å². The first-order valence-electron chi connectivity index (χ1n) is 6.57. The summed E-state index contributed by atoms with van der Waals surface area (Å²) < 4.78 is 0. The lowest BCUT2D eigenvalue weighted by Gasteiger charge is -2.46. The molecule has 1 amide bonds. The SMILES string of the molecule is C[C@]1(O)CC(=O)NC1(C(=O)O)C(O)[C@]1(N)C=CCCC1. The monoisotopic (exact) mass is 284 g/mol. The van der Waals surface area contributed by atoms with Crippen molar-refractivity contribution < 1.29 is 24.9 Å². The van der Waals surface area contributed by atoms with Crippen LogP contribution in [0.3, 0.4) is 0 Å². The first-order valence-corrected chi connectivity index (χ1v) is 6.57. The van der Waals surface area contributed by atoms with E-state index in [1.807, 2.05) is 0 Å². The number of hydrogen-bond donors (Lipinski definition) is 5. The molecule has 0 aromatic carbocycles. The Morgan fingerprint density at radius 3 is 2.60 bits per heavy atom. The van der Waals surface area contributed by atoms with Gasteiger partial charge < -0.3 is 26.4 Å². The van der Waals surface area contributed by atoms with E-state index in [4.69, 9.17) is 5.73 Å². The van der Waals surface area contributed by atoms with Crippen molar-refractivity contribution in [2.75, 3.05) is 0 Å². The van der Waals surface area contributed by atoms with Crippen molar-refractivity contribution in [1.29, 1.82) is 0 Å². The van der Waals surface area contributed by atoms with Gasteiger partial charge in [-0.1, -0.05) is 12.2 Å². The lowest BCUT2D eigenvalue weighted by Crippen LogP contribution is -2.75. The number of aliphatic hydroxyl groups is 2. The zero-order chi connectivity index (χ0) is 15.2. The third-order valence-electron chi connectivity index (χ3n) is 4.36. The van der Waals surface area contributed by atoms with E-state index in [1.165, 1.54) is 6.92 Å². The molecule has 2 unspecified atom stereocenters. The molecule has 0 aromatic heterocycles. The Hall–Kier alpha value is -1.44. The van der Waals surface area contributed by atoms with E-state index in [1.54, 1.807) is 12.2 Å². The maximum Gasteiger partial charge on any atom is 0.335 e. The van der Waals surface area contributed by atoms with Crippen molar-refractivity contribution in [3.05, 3.63) is 12.2 Å². The average Bonchev–Trinajstić information content (AvgIpc) is 2.59. The van der Waals surface area contributed by atoms with Crippen LogP contribution >= 0.6 is 0 Å². The van der Waals surface area contributed by atoms with Crippen molar-refractivity contribution in [3.63, 3.8) is 0 Å². The molecule has 0 bridgehead atoms. The Kier molecular flexibility index (Phi) is 3.40. The van der Waals surface area contributed by atoms with Gasteiger partial charge in [-0.25, -0.2) is 4.79 Å². The van der Waals surface area contributed by atoms with Crippen LogP contribution in [0.2, 0.25) is 0 Å². The number of hydrogen-bond acceptors (Lipinski definition) is 5. The summed E-state index contributed by atoms with van der Waals surface area (Å²) in [5.74, 6) is -2.12. The number of carbonyl (C=O) groups excluding carboxylic acids is 1. The standard InChI is InChI=1S/C13H20N2O5/c1-11(20)7-8(16)15-13(11,10(18)19)9(17)12(14)5-3-2-4-6-12/h3,5,9,17,20H,2,4,6-7,14H2,1H3,(H,15,16)(H,18,19)/t9?,11-,12-,13?/m0/s1. The van der Waals surface area contributed by atoms with Gasteiger partial charge in [0.1, 0.15) is 11.7 Å². The van der Waals surface area contributed by atoms with E-state index in [0.29, 0.717) is 12.8 Å². The summed E-state index contributed by atoms with van der Waals surface area (Å²) in [7, 11) is 0. The molecule has 2 aliphatic rings. The number of nitrogens with one attached hydrogen (secondary N) is 1. The number of carbonyl (C=O) groups is 2. The van der Waals surface area contributed by atoms with Gasteiger partial charge in [0.15, 0.2) is 5.54 Å². The normalized spacial score (nSPS) is 42.3. The zero-order valence-electron chi connectivity index (χ0n) is 11.3. The molecule has 0 radical (unpaired) electrons. The predicted octanol–water partition coefficient (Wildman–Crippen LogP) is -1.12. The van der Waals surface area contributed by atoms with Crippen molar-refractivity contribution in [3.8, 4) is 0 Å². The second-order valence-electron chi connectivity index (χ2n) is 5.92. The molecule has 1 heterocycles. The van der Waals surface area contributed by atoms with Gasteiger partial charge in [-0.05, 0) is 26.2 Å². The van der Waals surface area contributed by atoms with Crippen LogP contribution in [0.5, 0.6) is 0 Å². The Bertz CT molecular complexity index is 475. The van der Waals surface area contributed by atoms with Crippen LogP contribution in [0.15, 0.2) is 12.2 Å². The molecule has 4 atom stereocenters. The number of carboxylic acid groups (broad SMARTS) is 1. The summed E-state index contributed by atoms with van der Waals surface area (Å²) in [5, 5.41) is 32.7. The fourth-order valence-corrected chi connectivity index (χ4v) is 3.16. The summed E-state index contributed by atoms with van der Waals surface area (Å²) in [6, 6.07) is 0. The smallest absolute Gasteiger partial charge is 0.335 e. The van der Waals surface area contributed by atoms with Gasteiger partial charge >= 0.3 is 5.97 Å². The topological polar surface area (TPSA) is 133 Å². The molecule has 1 saturated heterocycles. The largest absolute Gasteiger partial charge is 0.479 e. The first-order chi connectivity index (χ1) is 9.16. The molecule has 0 aromatic rings.